The second-order valence-corrected chi connectivity index (χ2v) is 4.26. The molecule has 2 nitrogen and oxygen atoms in total. The van der Waals surface area contributed by atoms with Crippen LogP contribution in [0.15, 0.2) is 0 Å². The summed E-state index contributed by atoms with van der Waals surface area (Å²) in [7, 11) is 0. The van der Waals surface area contributed by atoms with Crippen molar-refractivity contribution in [1.82, 2.24) is 10.6 Å². The van der Waals surface area contributed by atoms with Gasteiger partial charge >= 0.3 is 0 Å². The van der Waals surface area contributed by atoms with Crippen molar-refractivity contribution in [2.75, 3.05) is 13.1 Å². The van der Waals surface area contributed by atoms with Gasteiger partial charge in [0.2, 0.25) is 0 Å². The standard InChI is InChI=1S/C11H24N2/c1-4-10(5-2)13-11-6-7-12-8-9(11)3/h9-13H,4-8H2,1-3H3. The fraction of sp³-hybridized carbons (Fsp3) is 1.00. The largest absolute Gasteiger partial charge is 0.316 e. The maximum atomic E-state index is 3.77. The van der Waals surface area contributed by atoms with Gasteiger partial charge in [0.25, 0.3) is 0 Å². The Kier molecular flexibility index (Phi) is 4.74. The predicted molar refractivity (Wildman–Crippen MR) is 57.9 cm³/mol. The van der Waals surface area contributed by atoms with Gasteiger partial charge in [-0.3, -0.25) is 0 Å². The summed E-state index contributed by atoms with van der Waals surface area (Å²) < 4.78 is 0. The van der Waals surface area contributed by atoms with E-state index in [4.69, 9.17) is 0 Å². The fourth-order valence-electron chi connectivity index (χ4n) is 2.09. The zero-order valence-electron chi connectivity index (χ0n) is 9.27. The molecule has 2 N–H and O–H groups in total. The summed E-state index contributed by atoms with van der Waals surface area (Å²) in [6, 6.07) is 1.47. The van der Waals surface area contributed by atoms with Crippen LogP contribution >= 0.6 is 0 Å². The fourth-order valence-corrected chi connectivity index (χ4v) is 2.09. The molecule has 1 fully saturated rings. The van der Waals surface area contributed by atoms with Gasteiger partial charge in [-0.1, -0.05) is 20.8 Å². The Morgan fingerprint density at radius 1 is 1.38 bits per heavy atom. The number of piperidine rings is 1. The summed E-state index contributed by atoms with van der Waals surface area (Å²) in [6.07, 6.45) is 3.80. The third-order valence-electron chi connectivity index (χ3n) is 3.22. The van der Waals surface area contributed by atoms with Crippen LogP contribution in [0.3, 0.4) is 0 Å². The number of nitrogens with one attached hydrogen (secondary N) is 2. The molecule has 0 aliphatic carbocycles. The van der Waals surface area contributed by atoms with Gasteiger partial charge in [-0.05, 0) is 38.3 Å². The lowest BCUT2D eigenvalue weighted by Gasteiger charge is -2.33. The van der Waals surface area contributed by atoms with E-state index in [0.29, 0.717) is 0 Å². The van der Waals surface area contributed by atoms with Gasteiger partial charge < -0.3 is 10.6 Å². The summed E-state index contributed by atoms with van der Waals surface area (Å²) in [5, 5.41) is 7.20. The van der Waals surface area contributed by atoms with Crippen LogP contribution in [0.25, 0.3) is 0 Å². The minimum absolute atomic E-state index is 0.727. The lowest BCUT2D eigenvalue weighted by molar-refractivity contribution is 0.266. The molecule has 2 atom stereocenters. The second kappa shape index (κ2) is 5.61. The van der Waals surface area contributed by atoms with Crippen molar-refractivity contribution in [2.24, 2.45) is 5.92 Å². The van der Waals surface area contributed by atoms with Gasteiger partial charge in [-0.15, -0.1) is 0 Å². The summed E-state index contributed by atoms with van der Waals surface area (Å²) >= 11 is 0. The van der Waals surface area contributed by atoms with Gasteiger partial charge in [0.15, 0.2) is 0 Å². The van der Waals surface area contributed by atoms with Crippen molar-refractivity contribution in [1.29, 1.82) is 0 Å². The van der Waals surface area contributed by atoms with Crippen molar-refractivity contribution in [2.45, 2.75) is 52.1 Å². The van der Waals surface area contributed by atoms with Crippen LogP contribution in [-0.4, -0.2) is 25.2 Å². The highest BCUT2D eigenvalue weighted by molar-refractivity contribution is 4.82. The molecule has 0 aromatic heterocycles. The van der Waals surface area contributed by atoms with Crippen LogP contribution in [-0.2, 0) is 0 Å². The van der Waals surface area contributed by atoms with E-state index in [1.807, 2.05) is 0 Å². The normalized spacial score (nSPS) is 29.5. The number of hydrogen-bond donors (Lipinski definition) is 2. The molecule has 0 saturated carbocycles. The molecule has 0 aromatic carbocycles. The molecular formula is C11H24N2. The number of rotatable bonds is 4. The Hall–Kier alpha value is -0.0800. The quantitative estimate of drug-likeness (QED) is 0.696. The Morgan fingerprint density at radius 2 is 2.08 bits per heavy atom. The van der Waals surface area contributed by atoms with Crippen molar-refractivity contribution in [3.63, 3.8) is 0 Å². The first-order chi connectivity index (χ1) is 6.27. The first kappa shape index (κ1) is 11.0. The maximum Gasteiger partial charge on any atom is 0.0119 e. The molecule has 1 heterocycles. The lowest BCUT2D eigenvalue weighted by Crippen LogP contribution is -2.49. The van der Waals surface area contributed by atoms with Crippen molar-refractivity contribution >= 4 is 0 Å². The third kappa shape index (κ3) is 3.28. The van der Waals surface area contributed by atoms with Gasteiger partial charge in [0.1, 0.15) is 0 Å². The van der Waals surface area contributed by atoms with Crippen LogP contribution < -0.4 is 10.6 Å². The molecule has 13 heavy (non-hydrogen) atoms. The Morgan fingerprint density at radius 3 is 2.62 bits per heavy atom. The summed E-state index contributed by atoms with van der Waals surface area (Å²) in [5.41, 5.74) is 0. The monoisotopic (exact) mass is 184 g/mol. The van der Waals surface area contributed by atoms with Crippen molar-refractivity contribution in [3.05, 3.63) is 0 Å². The van der Waals surface area contributed by atoms with E-state index >= 15 is 0 Å². The zero-order chi connectivity index (χ0) is 9.68. The van der Waals surface area contributed by atoms with Crippen LogP contribution in [0, 0.1) is 5.92 Å². The molecular weight excluding hydrogens is 160 g/mol. The highest BCUT2D eigenvalue weighted by Crippen LogP contribution is 2.12. The van der Waals surface area contributed by atoms with E-state index in [0.717, 1.165) is 18.0 Å². The molecule has 1 aliphatic rings. The highest BCUT2D eigenvalue weighted by atomic mass is 15.0. The van der Waals surface area contributed by atoms with Crippen LogP contribution in [0.1, 0.15) is 40.0 Å². The first-order valence-electron chi connectivity index (χ1n) is 5.74. The SMILES string of the molecule is CCC(CC)NC1CCNCC1C. The first-order valence-corrected chi connectivity index (χ1v) is 5.74. The van der Waals surface area contributed by atoms with Crippen molar-refractivity contribution in [3.8, 4) is 0 Å². The average Bonchev–Trinajstić information content (AvgIpc) is 2.17. The van der Waals surface area contributed by atoms with E-state index in [1.165, 1.54) is 32.4 Å². The smallest absolute Gasteiger partial charge is 0.0119 e. The van der Waals surface area contributed by atoms with Crippen LogP contribution in [0.5, 0.6) is 0 Å². The van der Waals surface area contributed by atoms with E-state index in [-0.39, 0.29) is 0 Å². The van der Waals surface area contributed by atoms with Gasteiger partial charge in [-0.25, -0.2) is 0 Å². The van der Waals surface area contributed by atoms with E-state index < -0.39 is 0 Å². The summed E-state index contributed by atoms with van der Waals surface area (Å²) in [4.78, 5) is 0. The van der Waals surface area contributed by atoms with E-state index in [1.54, 1.807) is 0 Å². The third-order valence-corrected chi connectivity index (χ3v) is 3.22. The average molecular weight is 184 g/mol. The molecule has 0 amide bonds. The van der Waals surface area contributed by atoms with E-state index in [9.17, 15) is 0 Å². The molecule has 78 valence electrons. The molecule has 0 radical (unpaired) electrons. The molecule has 0 spiro atoms. The predicted octanol–water partition coefficient (Wildman–Crippen LogP) is 1.76. The van der Waals surface area contributed by atoms with Crippen LogP contribution in [0.4, 0.5) is 0 Å². The highest BCUT2D eigenvalue weighted by Gasteiger charge is 2.22. The Bertz CT molecular complexity index is 132. The molecule has 1 saturated heterocycles. The molecule has 1 aliphatic heterocycles. The lowest BCUT2D eigenvalue weighted by atomic mass is 9.94. The molecule has 0 bridgehead atoms. The van der Waals surface area contributed by atoms with Gasteiger partial charge in [0, 0.05) is 12.1 Å². The topological polar surface area (TPSA) is 24.1 Å². The second-order valence-electron chi connectivity index (χ2n) is 4.26. The maximum absolute atomic E-state index is 3.77. The summed E-state index contributed by atoms with van der Waals surface area (Å²) in [6.45, 7) is 9.24. The minimum Gasteiger partial charge on any atom is -0.316 e. The van der Waals surface area contributed by atoms with Gasteiger partial charge in [0.05, 0.1) is 0 Å². The molecule has 0 aromatic rings. The zero-order valence-corrected chi connectivity index (χ0v) is 9.27. The van der Waals surface area contributed by atoms with Crippen molar-refractivity contribution < 1.29 is 0 Å². The molecule has 2 unspecified atom stereocenters. The minimum atomic E-state index is 0.727. The number of hydrogen-bond acceptors (Lipinski definition) is 2. The van der Waals surface area contributed by atoms with Crippen LogP contribution in [0.2, 0.25) is 0 Å². The Labute approximate surface area is 82.5 Å². The molecule has 2 heteroatoms. The van der Waals surface area contributed by atoms with E-state index in [2.05, 4.69) is 31.4 Å². The molecule has 1 rings (SSSR count). The summed E-state index contributed by atoms with van der Waals surface area (Å²) in [5.74, 6) is 0.786. The Balaban J connectivity index is 2.32. The van der Waals surface area contributed by atoms with Gasteiger partial charge in [-0.2, -0.15) is 0 Å².